The highest BCUT2D eigenvalue weighted by molar-refractivity contribution is 5.79. The Morgan fingerprint density at radius 2 is 2.19 bits per heavy atom. The molecule has 3 heterocycles. The van der Waals surface area contributed by atoms with E-state index in [0.29, 0.717) is 23.6 Å². The van der Waals surface area contributed by atoms with E-state index in [-0.39, 0.29) is 0 Å². The third-order valence-corrected chi connectivity index (χ3v) is 2.14. The van der Waals surface area contributed by atoms with Crippen LogP contribution in [0.4, 0.5) is 5.82 Å². The van der Waals surface area contributed by atoms with E-state index in [0.717, 1.165) is 5.76 Å². The highest BCUT2D eigenvalue weighted by Crippen LogP contribution is 2.17. The van der Waals surface area contributed by atoms with Gasteiger partial charge in [0.15, 0.2) is 12.2 Å². The van der Waals surface area contributed by atoms with Crippen LogP contribution in [0.3, 0.4) is 0 Å². The topological polar surface area (TPSA) is 77.0 Å². The molecule has 0 aromatic carbocycles. The number of nitrogens with one attached hydrogen (secondary N) is 1. The molecule has 3 rings (SSSR count). The van der Waals surface area contributed by atoms with Crippen LogP contribution in [0.15, 0.2) is 40.0 Å². The van der Waals surface area contributed by atoms with Crippen molar-refractivity contribution in [3.8, 4) is 0 Å². The number of aromatic nitrogens is 3. The van der Waals surface area contributed by atoms with Gasteiger partial charge in [-0.1, -0.05) is 0 Å². The Bertz CT molecular complexity index is 588. The van der Waals surface area contributed by atoms with Crippen LogP contribution in [0.5, 0.6) is 0 Å². The summed E-state index contributed by atoms with van der Waals surface area (Å²) in [6.45, 7) is 0.541. The number of anilines is 1. The van der Waals surface area contributed by atoms with Gasteiger partial charge in [-0.3, -0.25) is 0 Å². The first-order valence-corrected chi connectivity index (χ1v) is 4.74. The van der Waals surface area contributed by atoms with Crippen molar-refractivity contribution in [2.45, 2.75) is 6.54 Å². The second kappa shape index (κ2) is 3.65. The fourth-order valence-electron chi connectivity index (χ4n) is 1.40. The van der Waals surface area contributed by atoms with Gasteiger partial charge >= 0.3 is 0 Å². The summed E-state index contributed by atoms with van der Waals surface area (Å²) in [6.07, 6.45) is 4.41. The van der Waals surface area contributed by atoms with Crippen LogP contribution < -0.4 is 5.32 Å². The summed E-state index contributed by atoms with van der Waals surface area (Å²) in [5.41, 5.74) is 1.09. The van der Waals surface area contributed by atoms with Gasteiger partial charge in [-0.25, -0.2) is 9.97 Å². The molecule has 0 fully saturated rings. The Morgan fingerprint density at radius 3 is 3.06 bits per heavy atom. The molecule has 0 aliphatic rings. The zero-order chi connectivity index (χ0) is 10.8. The lowest BCUT2D eigenvalue weighted by Gasteiger charge is -2.02. The summed E-state index contributed by atoms with van der Waals surface area (Å²) in [6, 6.07) is 3.72. The summed E-state index contributed by atoms with van der Waals surface area (Å²) in [4.78, 5) is 12.0. The SMILES string of the molecule is c1coc(CNc2ncnc3ncoc23)c1. The average Bonchev–Trinajstić information content (AvgIpc) is 2.97. The second-order valence-electron chi connectivity index (χ2n) is 3.16. The maximum absolute atomic E-state index is 5.20. The molecule has 0 saturated heterocycles. The Labute approximate surface area is 90.3 Å². The number of hydrogen-bond donors (Lipinski definition) is 1. The van der Waals surface area contributed by atoms with Crippen molar-refractivity contribution >= 4 is 17.0 Å². The number of hydrogen-bond acceptors (Lipinski definition) is 6. The van der Waals surface area contributed by atoms with Gasteiger partial charge in [-0.15, -0.1) is 0 Å². The molecule has 1 N–H and O–H groups in total. The van der Waals surface area contributed by atoms with Crippen molar-refractivity contribution in [3.63, 3.8) is 0 Å². The van der Waals surface area contributed by atoms with Crippen molar-refractivity contribution in [2.75, 3.05) is 5.32 Å². The van der Waals surface area contributed by atoms with E-state index >= 15 is 0 Å². The number of nitrogens with zero attached hydrogens (tertiary/aromatic N) is 3. The van der Waals surface area contributed by atoms with Crippen LogP contribution in [0.2, 0.25) is 0 Å². The van der Waals surface area contributed by atoms with E-state index in [4.69, 9.17) is 8.83 Å². The van der Waals surface area contributed by atoms with Crippen LogP contribution in [-0.2, 0) is 6.54 Å². The molecule has 0 radical (unpaired) electrons. The van der Waals surface area contributed by atoms with E-state index in [2.05, 4.69) is 20.3 Å². The predicted octanol–water partition coefficient (Wildman–Crippen LogP) is 1.82. The van der Waals surface area contributed by atoms with Crippen LogP contribution in [0, 0.1) is 0 Å². The first-order chi connectivity index (χ1) is 7.93. The van der Waals surface area contributed by atoms with Gasteiger partial charge in [0.1, 0.15) is 12.1 Å². The van der Waals surface area contributed by atoms with Crippen LogP contribution >= 0.6 is 0 Å². The lowest BCUT2D eigenvalue weighted by molar-refractivity contribution is 0.517. The summed E-state index contributed by atoms with van der Waals surface area (Å²) in [7, 11) is 0. The van der Waals surface area contributed by atoms with Crippen molar-refractivity contribution in [3.05, 3.63) is 36.9 Å². The molecule has 0 bridgehead atoms. The van der Waals surface area contributed by atoms with Crippen molar-refractivity contribution < 1.29 is 8.83 Å². The van der Waals surface area contributed by atoms with Gasteiger partial charge in [0.25, 0.3) is 0 Å². The highest BCUT2D eigenvalue weighted by atomic mass is 16.3. The third-order valence-electron chi connectivity index (χ3n) is 2.14. The van der Waals surface area contributed by atoms with Crippen molar-refractivity contribution in [1.82, 2.24) is 15.0 Å². The first kappa shape index (κ1) is 8.90. The molecule has 6 nitrogen and oxygen atoms in total. The second-order valence-corrected chi connectivity index (χ2v) is 3.16. The Kier molecular flexibility index (Phi) is 2.03. The molecule has 16 heavy (non-hydrogen) atoms. The molecule has 0 aliphatic heterocycles. The smallest absolute Gasteiger partial charge is 0.215 e. The lowest BCUT2D eigenvalue weighted by atomic mass is 10.4. The molecule has 3 aromatic heterocycles. The van der Waals surface area contributed by atoms with Crippen LogP contribution in [0.1, 0.15) is 5.76 Å². The maximum atomic E-state index is 5.20. The predicted molar refractivity (Wildman–Crippen MR) is 55.6 cm³/mol. The normalized spacial score (nSPS) is 10.8. The minimum atomic E-state index is 0.539. The molecule has 80 valence electrons. The number of furan rings is 1. The summed E-state index contributed by atoms with van der Waals surface area (Å²) in [5, 5.41) is 3.10. The maximum Gasteiger partial charge on any atom is 0.215 e. The minimum absolute atomic E-state index is 0.539. The summed E-state index contributed by atoms with van der Waals surface area (Å²) >= 11 is 0. The fourth-order valence-corrected chi connectivity index (χ4v) is 1.40. The molecule has 0 unspecified atom stereocenters. The number of rotatable bonds is 3. The molecular weight excluding hydrogens is 208 g/mol. The fraction of sp³-hybridized carbons (Fsp3) is 0.100. The zero-order valence-electron chi connectivity index (χ0n) is 8.25. The molecule has 0 atom stereocenters. The monoisotopic (exact) mass is 216 g/mol. The van der Waals surface area contributed by atoms with Crippen molar-refractivity contribution in [1.29, 1.82) is 0 Å². The van der Waals surface area contributed by atoms with E-state index in [9.17, 15) is 0 Å². The number of oxazole rings is 1. The highest BCUT2D eigenvalue weighted by Gasteiger charge is 2.07. The third kappa shape index (κ3) is 1.50. The molecule has 0 spiro atoms. The Balaban J connectivity index is 1.86. The van der Waals surface area contributed by atoms with Gasteiger partial charge in [0.05, 0.1) is 12.8 Å². The average molecular weight is 216 g/mol. The quantitative estimate of drug-likeness (QED) is 0.719. The van der Waals surface area contributed by atoms with Gasteiger partial charge in [0, 0.05) is 0 Å². The van der Waals surface area contributed by atoms with E-state index in [1.807, 2.05) is 12.1 Å². The van der Waals surface area contributed by atoms with Crippen LogP contribution in [0.25, 0.3) is 11.2 Å². The molecule has 0 amide bonds. The van der Waals surface area contributed by atoms with Gasteiger partial charge in [0.2, 0.25) is 11.2 Å². The molecule has 0 saturated carbocycles. The van der Waals surface area contributed by atoms with Gasteiger partial charge in [-0.05, 0) is 12.1 Å². The Morgan fingerprint density at radius 1 is 1.19 bits per heavy atom. The molecule has 3 aromatic rings. The molecule has 0 aliphatic carbocycles. The largest absolute Gasteiger partial charge is 0.467 e. The zero-order valence-corrected chi connectivity index (χ0v) is 8.25. The lowest BCUT2D eigenvalue weighted by Crippen LogP contribution is -2.01. The van der Waals surface area contributed by atoms with Crippen molar-refractivity contribution in [2.24, 2.45) is 0 Å². The minimum Gasteiger partial charge on any atom is -0.467 e. The molecule has 6 heteroatoms. The number of fused-ring (bicyclic) bond motifs is 1. The standard InChI is InChI=1S/C10H8N4O2/c1-2-7(15-3-1)4-11-9-8-10(13-5-12-9)14-6-16-8/h1-3,5-6H,4H2,(H,11,12,13). The van der Waals surface area contributed by atoms with E-state index in [1.54, 1.807) is 6.26 Å². The van der Waals surface area contributed by atoms with Gasteiger partial charge < -0.3 is 14.2 Å². The van der Waals surface area contributed by atoms with Crippen LogP contribution in [-0.4, -0.2) is 15.0 Å². The first-order valence-electron chi connectivity index (χ1n) is 4.74. The van der Waals surface area contributed by atoms with E-state index < -0.39 is 0 Å². The summed E-state index contributed by atoms with van der Waals surface area (Å²) < 4.78 is 10.4. The summed E-state index contributed by atoms with van der Waals surface area (Å²) in [5.74, 6) is 1.44. The Hall–Kier alpha value is -2.37. The molecular formula is C10H8N4O2. The van der Waals surface area contributed by atoms with Gasteiger partial charge in [-0.2, -0.15) is 4.98 Å². The van der Waals surface area contributed by atoms with E-state index in [1.165, 1.54) is 12.7 Å².